The fourth-order valence-corrected chi connectivity index (χ4v) is 2.91. The van der Waals surface area contributed by atoms with E-state index in [1.165, 1.54) is 0 Å². The normalized spacial score (nSPS) is 21.2. The van der Waals surface area contributed by atoms with Crippen LogP contribution in [0.5, 0.6) is 0 Å². The van der Waals surface area contributed by atoms with Crippen LogP contribution in [-0.4, -0.2) is 61.1 Å². The third-order valence-corrected chi connectivity index (χ3v) is 4.25. The molecule has 0 bridgehead atoms. The van der Waals surface area contributed by atoms with E-state index in [-0.39, 0.29) is 12.1 Å². The number of rotatable bonds is 8. The predicted octanol–water partition coefficient (Wildman–Crippen LogP) is 1.54. The Bertz CT molecular complexity index is 518. The molecule has 136 valence electrons. The molecular weight excluding hydrogens is 315 g/mol. The first-order valence-corrected chi connectivity index (χ1v) is 8.40. The number of nitrogens with one attached hydrogen (secondary N) is 2. The Labute approximate surface area is 141 Å². The van der Waals surface area contributed by atoms with Gasteiger partial charge < -0.3 is 19.9 Å². The van der Waals surface area contributed by atoms with Gasteiger partial charge in [0.25, 0.3) is 0 Å². The van der Waals surface area contributed by atoms with Crippen LogP contribution in [0.4, 0.5) is 9.18 Å². The summed E-state index contributed by atoms with van der Waals surface area (Å²) in [6, 6.07) is -0.291. The average molecular weight is 342 g/mol. The van der Waals surface area contributed by atoms with Gasteiger partial charge in [0, 0.05) is 44.4 Å². The third kappa shape index (κ3) is 5.17. The summed E-state index contributed by atoms with van der Waals surface area (Å²) >= 11 is 0. The monoisotopic (exact) mass is 342 g/mol. The smallest absolute Gasteiger partial charge is 0.314 e. The molecule has 2 amide bonds. The summed E-state index contributed by atoms with van der Waals surface area (Å²) in [5.41, 5.74) is 1.82. The van der Waals surface area contributed by atoms with Crippen molar-refractivity contribution in [3.63, 3.8) is 0 Å². The molecule has 1 aromatic heterocycles. The number of alkyl halides is 1. The van der Waals surface area contributed by atoms with Gasteiger partial charge in [0.2, 0.25) is 0 Å². The van der Waals surface area contributed by atoms with Crippen LogP contribution in [0.2, 0.25) is 0 Å². The summed E-state index contributed by atoms with van der Waals surface area (Å²) in [5, 5.41) is 9.47. The lowest BCUT2D eigenvalue weighted by molar-refractivity contribution is 0.149. The molecule has 2 rings (SSSR count). The molecule has 1 aliphatic heterocycles. The lowest BCUT2D eigenvalue weighted by Crippen LogP contribution is -2.44. The van der Waals surface area contributed by atoms with Crippen LogP contribution >= 0.6 is 0 Å². The Balaban J connectivity index is 1.81. The maximum Gasteiger partial charge on any atom is 0.314 e. The van der Waals surface area contributed by atoms with E-state index in [0.29, 0.717) is 45.8 Å². The molecule has 7 nitrogen and oxygen atoms in total. The summed E-state index contributed by atoms with van der Waals surface area (Å²) in [6.45, 7) is 8.57. The lowest BCUT2D eigenvalue weighted by Gasteiger charge is -2.24. The highest BCUT2D eigenvalue weighted by molar-refractivity contribution is 5.73. The zero-order valence-corrected chi connectivity index (χ0v) is 14.6. The van der Waals surface area contributed by atoms with E-state index in [1.807, 2.05) is 25.7 Å². The molecule has 0 saturated carbocycles. The topological polar surface area (TPSA) is 79.6 Å². The first-order chi connectivity index (χ1) is 11.5. The van der Waals surface area contributed by atoms with Gasteiger partial charge in [0.15, 0.2) is 0 Å². The van der Waals surface area contributed by atoms with Gasteiger partial charge in [0.05, 0.1) is 12.3 Å². The van der Waals surface area contributed by atoms with Crippen LogP contribution in [0.25, 0.3) is 0 Å². The van der Waals surface area contributed by atoms with Crippen LogP contribution < -0.4 is 10.6 Å². The van der Waals surface area contributed by atoms with Crippen LogP contribution in [0.1, 0.15) is 30.4 Å². The van der Waals surface area contributed by atoms with Crippen molar-refractivity contribution in [2.45, 2.75) is 46.0 Å². The number of nitrogens with zero attached hydrogens (tertiary/aromatic N) is 2. The lowest BCUT2D eigenvalue weighted by atomic mass is 10.1. The van der Waals surface area contributed by atoms with Gasteiger partial charge in [-0.25, -0.2) is 9.18 Å². The molecule has 0 spiro atoms. The molecule has 2 heterocycles. The van der Waals surface area contributed by atoms with Crippen LogP contribution in [0.3, 0.4) is 0 Å². The largest absolute Gasteiger partial charge is 0.380 e. The Kier molecular flexibility index (Phi) is 6.99. The molecule has 0 unspecified atom stereocenters. The van der Waals surface area contributed by atoms with E-state index in [1.54, 1.807) is 0 Å². The number of carbonyl (C=O) groups is 1. The van der Waals surface area contributed by atoms with Crippen LogP contribution in [-0.2, 0) is 11.3 Å². The quantitative estimate of drug-likeness (QED) is 0.701. The van der Waals surface area contributed by atoms with Gasteiger partial charge >= 0.3 is 6.03 Å². The highest BCUT2D eigenvalue weighted by atomic mass is 19.1. The van der Waals surface area contributed by atoms with Crippen LogP contribution in [0, 0.1) is 13.8 Å². The van der Waals surface area contributed by atoms with Crippen molar-refractivity contribution < 1.29 is 18.4 Å². The highest BCUT2D eigenvalue weighted by Crippen LogP contribution is 2.24. The molecule has 0 aliphatic carbocycles. The second-order valence-electron chi connectivity index (χ2n) is 6.05. The van der Waals surface area contributed by atoms with Crippen molar-refractivity contribution in [1.82, 2.24) is 20.7 Å². The van der Waals surface area contributed by atoms with Gasteiger partial charge in [0.1, 0.15) is 11.9 Å². The first-order valence-electron chi connectivity index (χ1n) is 8.40. The number of urea groups is 1. The maximum absolute atomic E-state index is 13.8. The molecule has 2 N–H and O–H groups in total. The Morgan fingerprint density at radius 3 is 2.92 bits per heavy atom. The number of hydrogen-bond acceptors (Lipinski definition) is 5. The minimum Gasteiger partial charge on any atom is -0.380 e. The van der Waals surface area contributed by atoms with Crippen molar-refractivity contribution >= 4 is 6.03 Å². The summed E-state index contributed by atoms with van der Waals surface area (Å²) in [4.78, 5) is 13.8. The highest BCUT2D eigenvalue weighted by Gasteiger charge is 2.33. The van der Waals surface area contributed by atoms with Gasteiger partial charge in [-0.3, -0.25) is 4.90 Å². The molecule has 1 aromatic rings. The molecule has 24 heavy (non-hydrogen) atoms. The molecular formula is C16H27FN4O3. The standard InChI is InChI=1S/C16H27FN4O3/c1-4-23-6-5-18-16(22)19-8-14-7-13(17)9-21(14)10-15-11(2)20-24-12(15)3/h13-14H,4-10H2,1-3H3,(H2,18,19,22)/t13-,14-/m0/s1. The Hall–Kier alpha value is -1.67. The molecule has 1 aliphatic rings. The molecule has 0 radical (unpaired) electrons. The molecule has 8 heteroatoms. The summed E-state index contributed by atoms with van der Waals surface area (Å²) in [5.74, 6) is 0.759. The van der Waals surface area contributed by atoms with E-state index >= 15 is 0 Å². The van der Waals surface area contributed by atoms with Crippen molar-refractivity contribution in [3.8, 4) is 0 Å². The van der Waals surface area contributed by atoms with Gasteiger partial charge in [-0.1, -0.05) is 5.16 Å². The minimum atomic E-state index is -0.877. The summed E-state index contributed by atoms with van der Waals surface area (Å²) in [7, 11) is 0. The third-order valence-electron chi connectivity index (χ3n) is 4.25. The Morgan fingerprint density at radius 2 is 2.25 bits per heavy atom. The number of hydrogen-bond donors (Lipinski definition) is 2. The van der Waals surface area contributed by atoms with Crippen LogP contribution in [0.15, 0.2) is 4.52 Å². The number of amides is 2. The fraction of sp³-hybridized carbons (Fsp3) is 0.750. The van der Waals surface area contributed by atoms with Crippen molar-refractivity contribution in [2.24, 2.45) is 0 Å². The minimum absolute atomic E-state index is 0.0358. The number of carbonyl (C=O) groups excluding carboxylic acids is 1. The number of aromatic nitrogens is 1. The van der Waals surface area contributed by atoms with Gasteiger partial charge in [-0.2, -0.15) is 0 Å². The molecule has 1 saturated heterocycles. The molecule has 2 atom stereocenters. The predicted molar refractivity (Wildman–Crippen MR) is 87.6 cm³/mol. The zero-order chi connectivity index (χ0) is 17.5. The number of aryl methyl sites for hydroxylation is 2. The van der Waals surface area contributed by atoms with Crippen molar-refractivity contribution in [3.05, 3.63) is 17.0 Å². The zero-order valence-electron chi connectivity index (χ0n) is 14.6. The SMILES string of the molecule is CCOCCNC(=O)NC[C@@H]1C[C@H](F)CN1Cc1c(C)noc1C. The fourth-order valence-electron chi connectivity index (χ4n) is 2.91. The van der Waals surface area contributed by atoms with E-state index in [9.17, 15) is 9.18 Å². The van der Waals surface area contributed by atoms with Gasteiger partial charge in [-0.15, -0.1) is 0 Å². The Morgan fingerprint density at radius 1 is 1.46 bits per heavy atom. The number of ether oxygens (including phenoxy) is 1. The van der Waals surface area contributed by atoms with E-state index in [4.69, 9.17) is 9.26 Å². The molecule has 0 aromatic carbocycles. The number of likely N-dealkylation sites (tertiary alicyclic amines) is 1. The summed E-state index contributed by atoms with van der Waals surface area (Å²) in [6.07, 6.45) is -0.457. The van der Waals surface area contributed by atoms with E-state index < -0.39 is 6.17 Å². The second-order valence-corrected chi connectivity index (χ2v) is 6.05. The van der Waals surface area contributed by atoms with E-state index in [2.05, 4.69) is 15.8 Å². The van der Waals surface area contributed by atoms with Crippen molar-refractivity contribution in [2.75, 3.05) is 32.8 Å². The van der Waals surface area contributed by atoms with Crippen molar-refractivity contribution in [1.29, 1.82) is 0 Å². The molecule has 1 fully saturated rings. The second kappa shape index (κ2) is 8.98. The van der Waals surface area contributed by atoms with E-state index in [0.717, 1.165) is 17.0 Å². The summed E-state index contributed by atoms with van der Waals surface area (Å²) < 4.78 is 24.2. The van der Waals surface area contributed by atoms with Gasteiger partial charge in [-0.05, 0) is 27.2 Å². The maximum atomic E-state index is 13.8. The number of halogens is 1. The first kappa shape index (κ1) is 18.7. The average Bonchev–Trinajstić information content (AvgIpc) is 3.06.